The van der Waals surface area contributed by atoms with E-state index in [-0.39, 0.29) is 18.6 Å². The minimum Gasteiger partial charge on any atom is -0.396 e. The highest BCUT2D eigenvalue weighted by Gasteiger charge is 2.26. The van der Waals surface area contributed by atoms with Gasteiger partial charge >= 0.3 is 0 Å². The Bertz CT molecular complexity index is 180. The first-order valence-corrected chi connectivity index (χ1v) is 6.04. The van der Waals surface area contributed by atoms with Crippen molar-refractivity contribution >= 4 is 0 Å². The molecule has 0 bridgehead atoms. The van der Waals surface area contributed by atoms with Crippen molar-refractivity contribution < 1.29 is 10.2 Å². The Morgan fingerprint density at radius 3 is 2.47 bits per heavy atom. The Balaban J connectivity index is 2.43. The highest BCUT2D eigenvalue weighted by atomic mass is 16.3. The average Bonchev–Trinajstić information content (AvgIpc) is 2.44. The van der Waals surface area contributed by atoms with Gasteiger partial charge in [0.05, 0.1) is 13.2 Å². The molecule has 1 fully saturated rings. The average molecular weight is 215 g/mol. The van der Waals surface area contributed by atoms with Crippen molar-refractivity contribution in [2.24, 2.45) is 11.3 Å². The zero-order valence-corrected chi connectivity index (χ0v) is 10.1. The summed E-state index contributed by atoms with van der Waals surface area (Å²) in [6.45, 7) is 7.41. The molecule has 0 aliphatic carbocycles. The van der Waals surface area contributed by atoms with Crippen LogP contribution < -0.4 is 0 Å². The van der Waals surface area contributed by atoms with E-state index in [1.165, 1.54) is 19.3 Å². The maximum atomic E-state index is 9.25. The number of rotatable bonds is 4. The van der Waals surface area contributed by atoms with Gasteiger partial charge < -0.3 is 15.1 Å². The van der Waals surface area contributed by atoms with Crippen molar-refractivity contribution in [3.05, 3.63) is 0 Å². The van der Waals surface area contributed by atoms with Crippen LogP contribution in [0.1, 0.15) is 33.1 Å². The van der Waals surface area contributed by atoms with Crippen LogP contribution in [0.4, 0.5) is 0 Å². The minimum absolute atomic E-state index is 0.0650. The largest absolute Gasteiger partial charge is 0.396 e. The van der Waals surface area contributed by atoms with E-state index in [9.17, 15) is 10.2 Å². The van der Waals surface area contributed by atoms with E-state index in [1.807, 2.05) is 6.92 Å². The monoisotopic (exact) mass is 215 g/mol. The lowest BCUT2D eigenvalue weighted by atomic mass is 9.92. The second kappa shape index (κ2) is 5.83. The lowest BCUT2D eigenvalue weighted by Crippen LogP contribution is -2.41. The van der Waals surface area contributed by atoms with E-state index in [2.05, 4.69) is 11.8 Å². The lowest BCUT2D eigenvalue weighted by Gasteiger charge is -2.32. The summed E-state index contributed by atoms with van der Waals surface area (Å²) >= 11 is 0. The summed E-state index contributed by atoms with van der Waals surface area (Å²) < 4.78 is 0. The van der Waals surface area contributed by atoms with E-state index in [0.29, 0.717) is 0 Å². The maximum absolute atomic E-state index is 9.25. The fourth-order valence-electron chi connectivity index (χ4n) is 2.17. The van der Waals surface area contributed by atoms with Crippen LogP contribution in [0.5, 0.6) is 0 Å². The first kappa shape index (κ1) is 12.9. The van der Waals surface area contributed by atoms with Crippen molar-refractivity contribution in [1.29, 1.82) is 0 Å². The molecule has 0 saturated carbocycles. The molecule has 0 aromatic heterocycles. The Hall–Kier alpha value is -0.120. The zero-order valence-electron chi connectivity index (χ0n) is 10.1. The molecular formula is C12H25NO2. The van der Waals surface area contributed by atoms with Crippen LogP contribution in [0.25, 0.3) is 0 Å². The predicted molar refractivity (Wildman–Crippen MR) is 61.7 cm³/mol. The van der Waals surface area contributed by atoms with Gasteiger partial charge in [-0.15, -0.1) is 0 Å². The number of aliphatic hydroxyl groups is 2. The Morgan fingerprint density at radius 1 is 1.20 bits per heavy atom. The van der Waals surface area contributed by atoms with Crippen molar-refractivity contribution in [3.63, 3.8) is 0 Å². The highest BCUT2D eigenvalue weighted by molar-refractivity contribution is 4.78. The van der Waals surface area contributed by atoms with Gasteiger partial charge in [0.1, 0.15) is 0 Å². The topological polar surface area (TPSA) is 43.7 Å². The van der Waals surface area contributed by atoms with Crippen LogP contribution >= 0.6 is 0 Å². The fourth-order valence-corrected chi connectivity index (χ4v) is 2.17. The number of aliphatic hydroxyl groups excluding tert-OH is 2. The minimum atomic E-state index is -0.340. The van der Waals surface area contributed by atoms with Crippen LogP contribution in [0.2, 0.25) is 0 Å². The summed E-state index contributed by atoms with van der Waals surface area (Å²) in [4.78, 5) is 2.38. The normalized spacial score (nSPS) is 25.2. The molecule has 15 heavy (non-hydrogen) atoms. The number of nitrogens with zero attached hydrogens (tertiary/aromatic N) is 1. The molecule has 1 aliphatic heterocycles. The third-order valence-corrected chi connectivity index (χ3v) is 3.48. The molecule has 3 nitrogen and oxygen atoms in total. The summed E-state index contributed by atoms with van der Waals surface area (Å²) in [5.41, 5.74) is -0.340. The van der Waals surface area contributed by atoms with Crippen LogP contribution in [0.3, 0.4) is 0 Å². The molecule has 0 radical (unpaired) electrons. The first-order valence-electron chi connectivity index (χ1n) is 6.04. The van der Waals surface area contributed by atoms with Gasteiger partial charge in [0.15, 0.2) is 0 Å². The quantitative estimate of drug-likeness (QED) is 0.738. The van der Waals surface area contributed by atoms with Crippen molar-refractivity contribution in [2.45, 2.75) is 33.1 Å². The van der Waals surface area contributed by atoms with Gasteiger partial charge in [-0.3, -0.25) is 0 Å². The van der Waals surface area contributed by atoms with Crippen LogP contribution in [-0.2, 0) is 0 Å². The number of hydrogen-bond acceptors (Lipinski definition) is 3. The third kappa shape index (κ3) is 4.09. The Kier molecular flexibility index (Phi) is 5.03. The zero-order chi connectivity index (χ0) is 11.3. The number of likely N-dealkylation sites (tertiary alicyclic amines) is 1. The first-order chi connectivity index (χ1) is 7.09. The lowest BCUT2D eigenvalue weighted by molar-refractivity contribution is 0.0358. The molecule has 1 rings (SSSR count). The molecule has 1 atom stereocenters. The summed E-state index contributed by atoms with van der Waals surface area (Å²) in [6.07, 6.45) is 3.80. The van der Waals surface area contributed by atoms with Gasteiger partial charge in [0, 0.05) is 12.0 Å². The fraction of sp³-hybridized carbons (Fsp3) is 1.00. The van der Waals surface area contributed by atoms with Gasteiger partial charge in [0.25, 0.3) is 0 Å². The van der Waals surface area contributed by atoms with Gasteiger partial charge in [-0.1, -0.05) is 13.8 Å². The molecule has 3 heteroatoms. The molecule has 0 amide bonds. The number of hydrogen-bond donors (Lipinski definition) is 2. The SMILES string of the molecule is CC1CCCN(CC(C)(CO)CO)CC1. The smallest absolute Gasteiger partial charge is 0.0519 e. The summed E-state index contributed by atoms with van der Waals surface area (Å²) in [6, 6.07) is 0. The van der Waals surface area contributed by atoms with Crippen molar-refractivity contribution in [3.8, 4) is 0 Å². The Labute approximate surface area is 93.1 Å². The second-order valence-electron chi connectivity index (χ2n) is 5.44. The van der Waals surface area contributed by atoms with Crippen LogP contribution in [-0.4, -0.2) is 48.0 Å². The molecule has 0 aromatic carbocycles. The molecular weight excluding hydrogens is 190 g/mol. The summed E-state index contributed by atoms with van der Waals surface area (Å²) in [5, 5.41) is 18.5. The second-order valence-corrected chi connectivity index (χ2v) is 5.44. The standard InChI is InChI=1S/C12H25NO2/c1-11-4-3-6-13(7-5-11)8-12(2,9-14)10-15/h11,14-15H,3-10H2,1-2H3. The third-order valence-electron chi connectivity index (χ3n) is 3.48. The highest BCUT2D eigenvalue weighted by Crippen LogP contribution is 2.21. The molecule has 0 aromatic rings. The van der Waals surface area contributed by atoms with Gasteiger partial charge in [0.2, 0.25) is 0 Å². The van der Waals surface area contributed by atoms with Gasteiger partial charge in [-0.25, -0.2) is 0 Å². The molecule has 1 unspecified atom stereocenters. The van der Waals surface area contributed by atoms with Crippen LogP contribution in [0, 0.1) is 11.3 Å². The molecule has 0 spiro atoms. The van der Waals surface area contributed by atoms with E-state index >= 15 is 0 Å². The van der Waals surface area contributed by atoms with E-state index in [0.717, 1.165) is 25.6 Å². The molecule has 1 saturated heterocycles. The van der Waals surface area contributed by atoms with E-state index in [4.69, 9.17) is 0 Å². The predicted octanol–water partition coefficient (Wildman–Crippen LogP) is 1.10. The van der Waals surface area contributed by atoms with Crippen LogP contribution in [0.15, 0.2) is 0 Å². The summed E-state index contributed by atoms with van der Waals surface area (Å²) in [5.74, 6) is 0.824. The van der Waals surface area contributed by atoms with E-state index < -0.39 is 0 Å². The van der Waals surface area contributed by atoms with Gasteiger partial charge in [-0.05, 0) is 38.3 Å². The molecule has 1 heterocycles. The molecule has 90 valence electrons. The molecule has 2 N–H and O–H groups in total. The summed E-state index contributed by atoms with van der Waals surface area (Å²) in [7, 11) is 0. The van der Waals surface area contributed by atoms with E-state index in [1.54, 1.807) is 0 Å². The Morgan fingerprint density at radius 2 is 1.87 bits per heavy atom. The van der Waals surface area contributed by atoms with Crippen molar-refractivity contribution in [2.75, 3.05) is 32.8 Å². The van der Waals surface area contributed by atoms with Crippen molar-refractivity contribution in [1.82, 2.24) is 4.90 Å². The maximum Gasteiger partial charge on any atom is 0.0519 e. The molecule has 1 aliphatic rings. The van der Waals surface area contributed by atoms with Gasteiger partial charge in [-0.2, -0.15) is 0 Å².